The van der Waals surface area contributed by atoms with Crippen molar-refractivity contribution in [3.8, 4) is 0 Å². The van der Waals surface area contributed by atoms with E-state index in [0.29, 0.717) is 5.92 Å². The molecule has 0 radical (unpaired) electrons. The predicted octanol–water partition coefficient (Wildman–Crippen LogP) is 3.88. The van der Waals surface area contributed by atoms with Crippen LogP contribution in [0.15, 0.2) is 6.33 Å². The highest BCUT2D eigenvalue weighted by molar-refractivity contribution is 5.59. The van der Waals surface area contributed by atoms with Gasteiger partial charge in [-0.3, -0.25) is 0 Å². The molecule has 0 unspecified atom stereocenters. The van der Waals surface area contributed by atoms with Crippen molar-refractivity contribution in [3.05, 3.63) is 11.9 Å². The van der Waals surface area contributed by atoms with E-state index in [1.165, 1.54) is 5.56 Å². The lowest BCUT2D eigenvalue weighted by molar-refractivity contribution is 0.376. The number of nitrogens with one attached hydrogen (secondary N) is 2. The molecular formula is C15H28N4. The highest BCUT2D eigenvalue weighted by Gasteiger charge is 2.18. The Morgan fingerprint density at radius 1 is 1.11 bits per heavy atom. The fourth-order valence-electron chi connectivity index (χ4n) is 1.84. The zero-order valence-electron chi connectivity index (χ0n) is 13.2. The maximum absolute atomic E-state index is 4.42. The lowest BCUT2D eigenvalue weighted by Crippen LogP contribution is -2.23. The van der Waals surface area contributed by atoms with Crippen LogP contribution in [-0.2, 0) is 0 Å². The SMILES string of the molecule is CCNc1ncnc(NCC(C)(C)CC)c1C(C)C. The van der Waals surface area contributed by atoms with Gasteiger partial charge in [-0.2, -0.15) is 0 Å². The van der Waals surface area contributed by atoms with Crippen LogP contribution < -0.4 is 10.6 Å². The van der Waals surface area contributed by atoms with Crippen LogP contribution in [0.25, 0.3) is 0 Å². The van der Waals surface area contributed by atoms with E-state index in [-0.39, 0.29) is 5.41 Å². The molecule has 0 fully saturated rings. The van der Waals surface area contributed by atoms with Gasteiger partial charge >= 0.3 is 0 Å². The second-order valence-corrected chi connectivity index (χ2v) is 6.04. The molecule has 0 spiro atoms. The molecule has 19 heavy (non-hydrogen) atoms. The molecule has 0 aliphatic carbocycles. The molecule has 4 heteroatoms. The number of hydrogen-bond donors (Lipinski definition) is 2. The van der Waals surface area contributed by atoms with Crippen LogP contribution in [0.1, 0.15) is 59.4 Å². The maximum atomic E-state index is 4.42. The summed E-state index contributed by atoms with van der Waals surface area (Å²) in [6.45, 7) is 15.0. The predicted molar refractivity (Wildman–Crippen MR) is 82.8 cm³/mol. The smallest absolute Gasteiger partial charge is 0.135 e. The van der Waals surface area contributed by atoms with Crippen molar-refractivity contribution in [1.29, 1.82) is 0 Å². The molecule has 0 atom stereocenters. The average molecular weight is 264 g/mol. The van der Waals surface area contributed by atoms with Gasteiger partial charge in [-0.25, -0.2) is 9.97 Å². The van der Waals surface area contributed by atoms with Crippen LogP contribution in [0, 0.1) is 5.41 Å². The summed E-state index contributed by atoms with van der Waals surface area (Å²) in [4.78, 5) is 8.77. The third-order valence-corrected chi connectivity index (χ3v) is 3.50. The first kappa shape index (κ1) is 15.7. The zero-order valence-corrected chi connectivity index (χ0v) is 13.2. The highest BCUT2D eigenvalue weighted by Crippen LogP contribution is 2.29. The Kier molecular flexibility index (Phi) is 5.58. The summed E-state index contributed by atoms with van der Waals surface area (Å²) >= 11 is 0. The van der Waals surface area contributed by atoms with Crippen molar-refractivity contribution in [1.82, 2.24) is 9.97 Å². The van der Waals surface area contributed by atoms with Crippen LogP contribution in [0.2, 0.25) is 0 Å². The topological polar surface area (TPSA) is 49.8 Å². The first-order chi connectivity index (χ1) is 8.91. The molecule has 0 aromatic carbocycles. The quantitative estimate of drug-likeness (QED) is 0.784. The first-order valence-corrected chi connectivity index (χ1v) is 7.24. The molecule has 0 saturated heterocycles. The minimum Gasteiger partial charge on any atom is -0.370 e. The molecular weight excluding hydrogens is 236 g/mol. The van der Waals surface area contributed by atoms with E-state index in [1.807, 2.05) is 0 Å². The minimum absolute atomic E-state index is 0.275. The summed E-state index contributed by atoms with van der Waals surface area (Å²) in [5.74, 6) is 2.30. The summed E-state index contributed by atoms with van der Waals surface area (Å²) in [7, 11) is 0. The van der Waals surface area contributed by atoms with E-state index >= 15 is 0 Å². The molecule has 2 N–H and O–H groups in total. The molecule has 0 aliphatic heterocycles. The van der Waals surface area contributed by atoms with Gasteiger partial charge in [0.15, 0.2) is 0 Å². The fourth-order valence-corrected chi connectivity index (χ4v) is 1.84. The van der Waals surface area contributed by atoms with Crippen molar-refractivity contribution in [3.63, 3.8) is 0 Å². The van der Waals surface area contributed by atoms with Gasteiger partial charge in [-0.1, -0.05) is 34.6 Å². The lowest BCUT2D eigenvalue weighted by atomic mass is 9.90. The first-order valence-electron chi connectivity index (χ1n) is 7.24. The molecule has 1 aromatic heterocycles. The molecule has 1 aromatic rings. The van der Waals surface area contributed by atoms with Crippen molar-refractivity contribution >= 4 is 11.6 Å². The third-order valence-electron chi connectivity index (χ3n) is 3.50. The van der Waals surface area contributed by atoms with Gasteiger partial charge in [0.1, 0.15) is 18.0 Å². The van der Waals surface area contributed by atoms with E-state index in [2.05, 4.69) is 62.1 Å². The minimum atomic E-state index is 0.275. The summed E-state index contributed by atoms with van der Waals surface area (Å²) < 4.78 is 0. The Morgan fingerprint density at radius 2 is 1.68 bits per heavy atom. The van der Waals surface area contributed by atoms with Crippen LogP contribution in [-0.4, -0.2) is 23.1 Å². The number of rotatable bonds is 7. The van der Waals surface area contributed by atoms with Crippen LogP contribution >= 0.6 is 0 Å². The summed E-state index contributed by atoms with van der Waals surface area (Å²) in [6, 6.07) is 0. The Labute approximate surface area is 117 Å². The molecule has 0 aliphatic rings. The molecule has 4 nitrogen and oxygen atoms in total. The number of anilines is 2. The van der Waals surface area contributed by atoms with Gasteiger partial charge in [0.2, 0.25) is 0 Å². The van der Waals surface area contributed by atoms with Crippen molar-refractivity contribution in [2.24, 2.45) is 5.41 Å². The number of aromatic nitrogens is 2. The van der Waals surface area contributed by atoms with Crippen LogP contribution in [0.4, 0.5) is 11.6 Å². The summed E-state index contributed by atoms with van der Waals surface area (Å²) in [5, 5.41) is 6.81. The van der Waals surface area contributed by atoms with Crippen LogP contribution in [0.5, 0.6) is 0 Å². The van der Waals surface area contributed by atoms with Crippen molar-refractivity contribution in [2.75, 3.05) is 23.7 Å². The average Bonchev–Trinajstić information content (AvgIpc) is 2.36. The van der Waals surface area contributed by atoms with Crippen molar-refractivity contribution < 1.29 is 0 Å². The molecule has 0 bridgehead atoms. The molecule has 1 rings (SSSR count). The maximum Gasteiger partial charge on any atom is 0.135 e. The monoisotopic (exact) mass is 264 g/mol. The molecule has 0 amide bonds. The normalized spacial score (nSPS) is 11.7. The van der Waals surface area contributed by atoms with E-state index < -0.39 is 0 Å². The number of nitrogens with zero attached hydrogens (tertiary/aromatic N) is 2. The van der Waals surface area contributed by atoms with Crippen molar-refractivity contribution in [2.45, 2.75) is 53.9 Å². The third kappa shape index (κ3) is 4.37. The summed E-state index contributed by atoms with van der Waals surface area (Å²) in [6.07, 6.45) is 2.77. The standard InChI is InChI=1S/C15H28N4/c1-7-15(5,6)9-17-14-12(11(3)4)13(16-8-2)18-10-19-14/h10-11H,7-9H2,1-6H3,(H2,16,17,18,19). The van der Waals surface area contributed by atoms with E-state index in [4.69, 9.17) is 0 Å². The molecule has 1 heterocycles. The summed E-state index contributed by atoms with van der Waals surface area (Å²) in [5.41, 5.74) is 1.45. The van der Waals surface area contributed by atoms with Gasteiger partial charge in [0.05, 0.1) is 0 Å². The van der Waals surface area contributed by atoms with Gasteiger partial charge in [-0.15, -0.1) is 0 Å². The second kappa shape index (κ2) is 6.73. The Morgan fingerprint density at radius 3 is 2.16 bits per heavy atom. The Bertz CT molecular complexity index is 399. The van der Waals surface area contributed by atoms with Crippen LogP contribution in [0.3, 0.4) is 0 Å². The van der Waals surface area contributed by atoms with Gasteiger partial charge in [0.25, 0.3) is 0 Å². The highest BCUT2D eigenvalue weighted by atomic mass is 15.1. The lowest BCUT2D eigenvalue weighted by Gasteiger charge is -2.25. The van der Waals surface area contributed by atoms with Gasteiger partial charge in [-0.05, 0) is 24.7 Å². The molecule has 108 valence electrons. The van der Waals surface area contributed by atoms with Gasteiger partial charge < -0.3 is 10.6 Å². The van der Waals surface area contributed by atoms with E-state index in [9.17, 15) is 0 Å². The Balaban J connectivity index is 2.96. The van der Waals surface area contributed by atoms with E-state index in [1.54, 1.807) is 6.33 Å². The van der Waals surface area contributed by atoms with Gasteiger partial charge in [0, 0.05) is 18.7 Å². The largest absolute Gasteiger partial charge is 0.370 e. The fraction of sp³-hybridized carbons (Fsp3) is 0.733. The molecule has 0 saturated carbocycles. The van der Waals surface area contributed by atoms with E-state index in [0.717, 1.165) is 31.1 Å². The Hall–Kier alpha value is -1.32. The second-order valence-electron chi connectivity index (χ2n) is 6.04. The number of hydrogen-bond acceptors (Lipinski definition) is 4. The zero-order chi connectivity index (χ0) is 14.5.